The molecule has 0 radical (unpaired) electrons. The zero-order valence-corrected chi connectivity index (χ0v) is 11.7. The van der Waals surface area contributed by atoms with Gasteiger partial charge >= 0.3 is 0 Å². The minimum absolute atomic E-state index is 0.0275. The maximum Gasteiger partial charge on any atom is 0.227 e. The quantitative estimate of drug-likeness (QED) is 0.912. The van der Waals surface area contributed by atoms with Gasteiger partial charge in [0.2, 0.25) is 5.91 Å². The van der Waals surface area contributed by atoms with E-state index in [0.29, 0.717) is 24.2 Å². The molecule has 2 rings (SSSR count). The molecule has 1 aliphatic rings. The van der Waals surface area contributed by atoms with Crippen LogP contribution < -0.4 is 5.32 Å². The number of nitrogens with zero attached hydrogens (tertiary/aromatic N) is 2. The van der Waals surface area contributed by atoms with E-state index >= 15 is 0 Å². The predicted molar refractivity (Wildman–Crippen MR) is 73.2 cm³/mol. The molecule has 1 atom stereocenters. The molecule has 1 saturated heterocycles. The average Bonchev–Trinajstić information content (AvgIpc) is 2.81. The first-order valence-corrected chi connectivity index (χ1v) is 6.61. The SMILES string of the molecule is CNC(=O)C1(C)CCN(Cc2cc(F)ccc2C#N)C1. The number of benzene rings is 1. The van der Waals surface area contributed by atoms with Crippen molar-refractivity contribution in [3.05, 3.63) is 35.1 Å². The van der Waals surface area contributed by atoms with Crippen molar-refractivity contribution in [1.82, 2.24) is 10.2 Å². The second kappa shape index (κ2) is 5.59. The zero-order valence-electron chi connectivity index (χ0n) is 11.7. The van der Waals surface area contributed by atoms with Crippen molar-refractivity contribution in [2.45, 2.75) is 19.9 Å². The molecule has 1 fully saturated rings. The van der Waals surface area contributed by atoms with Crippen LogP contribution in [0.15, 0.2) is 18.2 Å². The van der Waals surface area contributed by atoms with E-state index in [0.717, 1.165) is 13.0 Å². The third-order valence-electron chi connectivity index (χ3n) is 3.91. The monoisotopic (exact) mass is 275 g/mol. The van der Waals surface area contributed by atoms with E-state index < -0.39 is 5.41 Å². The Morgan fingerprint density at radius 3 is 3.00 bits per heavy atom. The number of halogens is 1. The average molecular weight is 275 g/mol. The maximum absolute atomic E-state index is 13.3. The Bertz CT molecular complexity index is 567. The molecule has 0 spiro atoms. The van der Waals surface area contributed by atoms with Gasteiger partial charge in [-0.3, -0.25) is 9.69 Å². The second-order valence-electron chi connectivity index (χ2n) is 5.51. The van der Waals surface area contributed by atoms with E-state index in [1.54, 1.807) is 7.05 Å². The Morgan fingerprint density at radius 2 is 2.35 bits per heavy atom. The number of nitrogens with one attached hydrogen (secondary N) is 1. The Morgan fingerprint density at radius 1 is 1.60 bits per heavy atom. The first kappa shape index (κ1) is 14.5. The third-order valence-corrected chi connectivity index (χ3v) is 3.91. The zero-order chi connectivity index (χ0) is 14.8. The molecular weight excluding hydrogens is 257 g/mol. The minimum atomic E-state index is -0.408. The highest BCUT2D eigenvalue weighted by Gasteiger charge is 2.39. The Balaban J connectivity index is 2.12. The van der Waals surface area contributed by atoms with Crippen LogP contribution in [-0.2, 0) is 11.3 Å². The molecule has 1 amide bonds. The Hall–Kier alpha value is -1.93. The fraction of sp³-hybridized carbons (Fsp3) is 0.467. The normalized spacial score (nSPS) is 22.5. The standard InChI is InChI=1S/C15H18FN3O/c1-15(14(20)18-2)5-6-19(10-15)9-12-7-13(16)4-3-11(12)8-17/h3-4,7H,5-6,9-10H2,1-2H3,(H,18,20). The molecule has 1 aliphatic heterocycles. The fourth-order valence-electron chi connectivity index (χ4n) is 2.72. The summed E-state index contributed by atoms with van der Waals surface area (Å²) in [5.74, 6) is -0.313. The van der Waals surface area contributed by atoms with Crippen LogP contribution in [0.3, 0.4) is 0 Å². The summed E-state index contributed by atoms with van der Waals surface area (Å²) >= 11 is 0. The molecule has 1 aromatic carbocycles. The van der Waals surface area contributed by atoms with E-state index in [2.05, 4.69) is 16.3 Å². The van der Waals surface area contributed by atoms with E-state index in [1.807, 2.05) is 6.92 Å². The lowest BCUT2D eigenvalue weighted by molar-refractivity contribution is -0.129. The van der Waals surface area contributed by atoms with Crippen LogP contribution >= 0.6 is 0 Å². The summed E-state index contributed by atoms with van der Waals surface area (Å²) in [4.78, 5) is 13.9. The molecular formula is C15H18FN3O. The number of hydrogen-bond donors (Lipinski definition) is 1. The van der Waals surface area contributed by atoms with Gasteiger partial charge < -0.3 is 5.32 Å². The molecule has 1 aromatic rings. The number of hydrogen-bond acceptors (Lipinski definition) is 3. The van der Waals surface area contributed by atoms with Gasteiger partial charge in [-0.15, -0.1) is 0 Å². The molecule has 5 heteroatoms. The van der Waals surface area contributed by atoms with Gasteiger partial charge in [-0.1, -0.05) is 0 Å². The van der Waals surface area contributed by atoms with E-state index in [1.165, 1.54) is 18.2 Å². The van der Waals surface area contributed by atoms with Gasteiger partial charge in [0, 0.05) is 20.1 Å². The topological polar surface area (TPSA) is 56.1 Å². The molecule has 4 nitrogen and oxygen atoms in total. The Labute approximate surface area is 118 Å². The second-order valence-corrected chi connectivity index (χ2v) is 5.51. The fourth-order valence-corrected chi connectivity index (χ4v) is 2.72. The van der Waals surface area contributed by atoms with Crippen LogP contribution in [0, 0.1) is 22.6 Å². The number of nitriles is 1. The van der Waals surface area contributed by atoms with Crippen molar-refractivity contribution >= 4 is 5.91 Å². The number of carbonyl (C=O) groups excluding carboxylic acids is 1. The molecule has 0 bridgehead atoms. The minimum Gasteiger partial charge on any atom is -0.359 e. The molecule has 0 aromatic heterocycles. The Kier molecular flexibility index (Phi) is 4.05. The van der Waals surface area contributed by atoms with Crippen LogP contribution in [0.1, 0.15) is 24.5 Å². The highest BCUT2D eigenvalue weighted by atomic mass is 19.1. The lowest BCUT2D eigenvalue weighted by Crippen LogP contribution is -2.39. The molecule has 0 aliphatic carbocycles. The van der Waals surface area contributed by atoms with Crippen LogP contribution in [0.4, 0.5) is 4.39 Å². The van der Waals surface area contributed by atoms with Crippen LogP contribution in [0.2, 0.25) is 0 Å². The summed E-state index contributed by atoms with van der Waals surface area (Å²) in [7, 11) is 1.64. The van der Waals surface area contributed by atoms with Gasteiger partial charge in [-0.05, 0) is 43.7 Å². The van der Waals surface area contributed by atoms with E-state index in [4.69, 9.17) is 5.26 Å². The van der Waals surface area contributed by atoms with Gasteiger partial charge in [0.25, 0.3) is 0 Å². The van der Waals surface area contributed by atoms with Gasteiger partial charge in [-0.2, -0.15) is 5.26 Å². The van der Waals surface area contributed by atoms with Crippen molar-refractivity contribution in [2.75, 3.05) is 20.1 Å². The maximum atomic E-state index is 13.3. The molecule has 1 N–H and O–H groups in total. The van der Waals surface area contributed by atoms with Crippen molar-refractivity contribution in [3.63, 3.8) is 0 Å². The third kappa shape index (κ3) is 2.81. The van der Waals surface area contributed by atoms with Crippen molar-refractivity contribution in [2.24, 2.45) is 5.41 Å². The summed E-state index contributed by atoms with van der Waals surface area (Å²) in [5.41, 5.74) is 0.753. The highest BCUT2D eigenvalue weighted by Crippen LogP contribution is 2.31. The first-order valence-electron chi connectivity index (χ1n) is 6.61. The molecule has 20 heavy (non-hydrogen) atoms. The number of likely N-dealkylation sites (tertiary alicyclic amines) is 1. The summed E-state index contributed by atoms with van der Waals surface area (Å²) in [6.07, 6.45) is 0.768. The number of rotatable bonds is 3. The van der Waals surface area contributed by atoms with Crippen molar-refractivity contribution in [1.29, 1.82) is 5.26 Å². The highest BCUT2D eigenvalue weighted by molar-refractivity contribution is 5.82. The lowest BCUT2D eigenvalue weighted by Gasteiger charge is -2.23. The van der Waals surface area contributed by atoms with Gasteiger partial charge in [0.1, 0.15) is 5.82 Å². The number of carbonyl (C=O) groups is 1. The van der Waals surface area contributed by atoms with Gasteiger partial charge in [0.15, 0.2) is 0 Å². The van der Waals surface area contributed by atoms with Crippen LogP contribution in [0.5, 0.6) is 0 Å². The summed E-state index contributed by atoms with van der Waals surface area (Å²) in [6, 6.07) is 6.27. The first-order chi connectivity index (χ1) is 9.48. The molecule has 1 unspecified atom stereocenters. The summed E-state index contributed by atoms with van der Waals surface area (Å²) in [6.45, 7) is 3.81. The lowest BCUT2D eigenvalue weighted by atomic mass is 9.89. The van der Waals surface area contributed by atoms with Crippen LogP contribution in [0.25, 0.3) is 0 Å². The molecule has 1 heterocycles. The molecule has 0 saturated carbocycles. The molecule has 106 valence electrons. The van der Waals surface area contributed by atoms with E-state index in [9.17, 15) is 9.18 Å². The van der Waals surface area contributed by atoms with Gasteiger partial charge in [0.05, 0.1) is 17.0 Å². The summed E-state index contributed by atoms with van der Waals surface area (Å²) in [5, 5.41) is 11.7. The number of amides is 1. The van der Waals surface area contributed by atoms with Gasteiger partial charge in [-0.25, -0.2) is 4.39 Å². The van der Waals surface area contributed by atoms with E-state index in [-0.39, 0.29) is 11.7 Å². The smallest absolute Gasteiger partial charge is 0.227 e. The van der Waals surface area contributed by atoms with Crippen molar-refractivity contribution < 1.29 is 9.18 Å². The predicted octanol–water partition coefficient (Wildman–Crippen LogP) is 1.66. The summed E-state index contributed by atoms with van der Waals surface area (Å²) < 4.78 is 13.3. The van der Waals surface area contributed by atoms with Crippen molar-refractivity contribution in [3.8, 4) is 6.07 Å². The largest absolute Gasteiger partial charge is 0.359 e. The van der Waals surface area contributed by atoms with Crippen LogP contribution in [-0.4, -0.2) is 30.9 Å².